The number of likely N-dealkylation sites (N-methyl/N-ethyl adjacent to an activating group) is 1. The van der Waals surface area contributed by atoms with Gasteiger partial charge in [0.05, 0.1) is 0 Å². The zero-order valence-corrected chi connectivity index (χ0v) is 24.7. The van der Waals surface area contributed by atoms with E-state index < -0.39 is 5.66 Å². The summed E-state index contributed by atoms with van der Waals surface area (Å²) in [6.07, 6.45) is 16.9. The van der Waals surface area contributed by atoms with Gasteiger partial charge < -0.3 is 0 Å². The summed E-state index contributed by atoms with van der Waals surface area (Å²) in [4.78, 5) is 31.7. The van der Waals surface area contributed by atoms with Crippen LogP contribution in [0.4, 0.5) is 0 Å². The van der Waals surface area contributed by atoms with Gasteiger partial charge in [-0.25, -0.2) is 0 Å². The Labute approximate surface area is 231 Å². The van der Waals surface area contributed by atoms with Crippen LogP contribution in [0, 0.1) is 16.7 Å². The summed E-state index contributed by atoms with van der Waals surface area (Å²) in [5, 5.41) is 0. The van der Waals surface area contributed by atoms with E-state index in [1.165, 1.54) is 5.57 Å². The number of aldehydes is 2. The van der Waals surface area contributed by atoms with Gasteiger partial charge in [-0.1, -0.05) is 96.2 Å². The Hall–Kier alpha value is -2.59. The van der Waals surface area contributed by atoms with Crippen LogP contribution in [0.5, 0.6) is 0 Å². The Morgan fingerprint density at radius 2 is 1.71 bits per heavy atom. The van der Waals surface area contributed by atoms with Crippen molar-refractivity contribution in [2.24, 2.45) is 21.7 Å². The first-order valence-corrected chi connectivity index (χ1v) is 14.2. The van der Waals surface area contributed by atoms with Gasteiger partial charge in [-0.2, -0.15) is 0 Å². The Balaban J connectivity index is 2.09. The molecule has 1 aromatic carbocycles. The van der Waals surface area contributed by atoms with Crippen LogP contribution in [0.1, 0.15) is 92.1 Å². The standard InChI is InChI=1S/C34H48N2O2/c1-32(2,3)21-20-31(28-15-11-12-26(24-37)16-17-28)36(7)34(22-18-29(19-23-34)33(4,5)6)35-30(25-38)27-13-9-8-10-14-27/h8-11,13-17,24-25,29,31H,12,18-23H2,1-7H3/b35-30+. The summed E-state index contributed by atoms with van der Waals surface area (Å²) in [6.45, 7) is 13.9. The highest BCUT2D eigenvalue weighted by molar-refractivity contribution is 6.36. The molecule has 206 valence electrons. The van der Waals surface area contributed by atoms with Crippen molar-refractivity contribution in [2.45, 2.75) is 98.2 Å². The maximum Gasteiger partial charge on any atom is 0.168 e. The SMILES string of the molecule is CN(C(CCC(C)(C)C)C1=CC=C(C=O)CC=C1)C1(/N=C(\C=O)c2ccccc2)CCC(C(C)(C)C)CC1. The highest BCUT2D eigenvalue weighted by atomic mass is 16.1. The van der Waals surface area contributed by atoms with E-state index in [0.717, 1.165) is 62.2 Å². The van der Waals surface area contributed by atoms with Gasteiger partial charge in [-0.05, 0) is 79.9 Å². The van der Waals surface area contributed by atoms with E-state index >= 15 is 0 Å². The lowest BCUT2D eigenvalue weighted by Gasteiger charge is -2.49. The number of carbonyl (C=O) groups excluding carboxylic acids is 2. The predicted molar refractivity (Wildman–Crippen MR) is 159 cm³/mol. The summed E-state index contributed by atoms with van der Waals surface area (Å²) in [6, 6.07) is 9.96. The molecule has 4 heteroatoms. The molecule has 0 heterocycles. The van der Waals surface area contributed by atoms with Gasteiger partial charge in [0.25, 0.3) is 0 Å². The van der Waals surface area contributed by atoms with Crippen molar-refractivity contribution in [3.8, 4) is 0 Å². The predicted octanol–water partition coefficient (Wildman–Crippen LogP) is 7.75. The zero-order valence-electron chi connectivity index (χ0n) is 24.7. The van der Waals surface area contributed by atoms with E-state index in [4.69, 9.17) is 4.99 Å². The molecule has 0 aromatic heterocycles. The number of hydrogen-bond donors (Lipinski definition) is 0. The molecule has 1 saturated carbocycles. The molecule has 0 saturated heterocycles. The molecule has 3 rings (SSSR count). The lowest BCUT2D eigenvalue weighted by atomic mass is 9.69. The molecule has 0 spiro atoms. The number of nitrogens with zero attached hydrogens (tertiary/aromatic N) is 2. The Morgan fingerprint density at radius 1 is 1.05 bits per heavy atom. The molecule has 1 fully saturated rings. The van der Waals surface area contributed by atoms with Gasteiger partial charge in [0.1, 0.15) is 17.7 Å². The van der Waals surface area contributed by atoms with Crippen LogP contribution in [0.2, 0.25) is 0 Å². The van der Waals surface area contributed by atoms with E-state index in [2.05, 4.69) is 71.7 Å². The first-order valence-electron chi connectivity index (χ1n) is 14.2. The van der Waals surface area contributed by atoms with E-state index in [0.29, 0.717) is 18.1 Å². The molecule has 4 nitrogen and oxygen atoms in total. The molecular formula is C34H48N2O2. The van der Waals surface area contributed by atoms with Crippen LogP contribution < -0.4 is 0 Å². The van der Waals surface area contributed by atoms with Gasteiger partial charge in [-0.15, -0.1) is 0 Å². The molecule has 2 aliphatic rings. The van der Waals surface area contributed by atoms with Gasteiger partial charge in [0, 0.05) is 11.6 Å². The zero-order chi connectivity index (χ0) is 28.0. The van der Waals surface area contributed by atoms with Crippen molar-refractivity contribution in [1.82, 2.24) is 4.90 Å². The smallest absolute Gasteiger partial charge is 0.168 e. The van der Waals surface area contributed by atoms with Crippen LogP contribution in [-0.4, -0.2) is 41.9 Å². The second-order valence-corrected chi connectivity index (χ2v) is 13.5. The average Bonchev–Trinajstić information content (AvgIpc) is 3.12. The lowest BCUT2D eigenvalue weighted by Crippen LogP contribution is -2.54. The van der Waals surface area contributed by atoms with Gasteiger partial charge >= 0.3 is 0 Å². The number of rotatable bonds is 9. The minimum absolute atomic E-state index is 0.117. The van der Waals surface area contributed by atoms with E-state index in [-0.39, 0.29) is 16.9 Å². The second-order valence-electron chi connectivity index (χ2n) is 13.5. The molecule has 0 aliphatic heterocycles. The molecule has 2 aliphatic carbocycles. The molecule has 0 amide bonds. The molecule has 1 unspecified atom stereocenters. The van der Waals surface area contributed by atoms with Crippen LogP contribution in [-0.2, 0) is 9.59 Å². The molecule has 0 N–H and O–H groups in total. The quantitative estimate of drug-likeness (QED) is 0.249. The summed E-state index contributed by atoms with van der Waals surface area (Å²) >= 11 is 0. The first kappa shape index (κ1) is 30.0. The Bertz CT molecular complexity index is 1070. The largest absolute Gasteiger partial charge is 0.298 e. The monoisotopic (exact) mass is 516 g/mol. The van der Waals surface area contributed by atoms with Crippen molar-refractivity contribution in [3.63, 3.8) is 0 Å². The first-order chi connectivity index (χ1) is 17.9. The lowest BCUT2D eigenvalue weighted by molar-refractivity contribution is -0.105. The number of carbonyl (C=O) groups is 2. The average molecular weight is 517 g/mol. The van der Waals surface area contributed by atoms with Gasteiger partial charge in [0.15, 0.2) is 6.29 Å². The van der Waals surface area contributed by atoms with Crippen molar-refractivity contribution in [2.75, 3.05) is 7.05 Å². The fourth-order valence-electron chi connectivity index (χ4n) is 5.89. The van der Waals surface area contributed by atoms with Gasteiger partial charge in [0.2, 0.25) is 0 Å². The topological polar surface area (TPSA) is 49.7 Å². The van der Waals surface area contributed by atoms with Crippen LogP contribution in [0.25, 0.3) is 0 Å². The van der Waals surface area contributed by atoms with Crippen molar-refractivity contribution < 1.29 is 9.59 Å². The normalized spacial score (nSPS) is 23.9. The third-order valence-corrected chi connectivity index (χ3v) is 8.50. The van der Waals surface area contributed by atoms with Crippen LogP contribution >= 0.6 is 0 Å². The highest BCUT2D eigenvalue weighted by Crippen LogP contribution is 2.46. The fraction of sp³-hybridized carbons (Fsp3) is 0.559. The number of aliphatic imine (C=N–C) groups is 1. The summed E-state index contributed by atoms with van der Waals surface area (Å²) < 4.78 is 0. The third-order valence-electron chi connectivity index (χ3n) is 8.50. The van der Waals surface area contributed by atoms with Crippen molar-refractivity contribution in [1.29, 1.82) is 0 Å². The van der Waals surface area contributed by atoms with E-state index in [1.54, 1.807) is 0 Å². The molecule has 38 heavy (non-hydrogen) atoms. The Kier molecular flexibility index (Phi) is 9.86. The Morgan fingerprint density at radius 3 is 2.26 bits per heavy atom. The van der Waals surface area contributed by atoms with E-state index in [9.17, 15) is 9.59 Å². The molecule has 0 bridgehead atoms. The van der Waals surface area contributed by atoms with Crippen molar-refractivity contribution in [3.05, 3.63) is 71.3 Å². The fourth-order valence-corrected chi connectivity index (χ4v) is 5.89. The maximum absolute atomic E-state index is 12.4. The molecular weight excluding hydrogens is 468 g/mol. The molecule has 1 aromatic rings. The summed E-state index contributed by atoms with van der Waals surface area (Å²) in [5.41, 5.74) is 3.34. The van der Waals surface area contributed by atoms with Crippen molar-refractivity contribution >= 4 is 18.3 Å². The number of hydrogen-bond acceptors (Lipinski definition) is 4. The summed E-state index contributed by atoms with van der Waals surface area (Å²) in [5.74, 6) is 0.624. The maximum atomic E-state index is 12.4. The van der Waals surface area contributed by atoms with Crippen LogP contribution in [0.15, 0.2) is 70.8 Å². The number of allylic oxidation sites excluding steroid dienone is 4. The molecule has 0 radical (unpaired) electrons. The third kappa shape index (κ3) is 7.72. The summed E-state index contributed by atoms with van der Waals surface area (Å²) in [7, 11) is 2.20. The van der Waals surface area contributed by atoms with Gasteiger partial charge in [-0.3, -0.25) is 19.5 Å². The molecule has 1 atom stereocenters. The van der Waals surface area contributed by atoms with E-state index in [1.807, 2.05) is 36.4 Å². The minimum atomic E-state index is -0.478. The highest BCUT2D eigenvalue weighted by Gasteiger charge is 2.44. The minimum Gasteiger partial charge on any atom is -0.298 e. The number of benzene rings is 1. The van der Waals surface area contributed by atoms with Crippen LogP contribution in [0.3, 0.4) is 0 Å². The second kappa shape index (κ2) is 12.5.